The summed E-state index contributed by atoms with van der Waals surface area (Å²) in [6, 6.07) is 4.88. The molecule has 3 aliphatic rings. The number of nitrogens with zero attached hydrogens (tertiary/aromatic N) is 2. The third-order valence-corrected chi connectivity index (χ3v) is 5.64. The fraction of sp³-hybridized carbons (Fsp3) is 0.556. The van der Waals surface area contributed by atoms with Crippen LogP contribution in [-0.4, -0.2) is 50.3 Å². The van der Waals surface area contributed by atoms with Crippen molar-refractivity contribution >= 4 is 23.4 Å². The van der Waals surface area contributed by atoms with Crippen molar-refractivity contribution in [1.82, 2.24) is 5.32 Å². The average molecular weight is 362 g/mol. The van der Waals surface area contributed by atoms with Crippen LogP contribution in [0.25, 0.3) is 0 Å². The number of ether oxygens (including phenoxy) is 1. The van der Waals surface area contributed by atoms with Crippen molar-refractivity contribution in [3.63, 3.8) is 0 Å². The normalized spacial score (nSPS) is 26.3. The van der Waals surface area contributed by atoms with Gasteiger partial charge in [0.25, 0.3) is 0 Å². The second-order valence-corrected chi connectivity index (χ2v) is 7.54. The maximum Gasteiger partial charge on any atom is 0.414 e. The molecule has 2 heterocycles. The lowest BCUT2D eigenvalue weighted by Crippen LogP contribution is -2.33. The number of rotatable bonds is 4. The zero-order chi connectivity index (χ0) is 18.5. The van der Waals surface area contributed by atoms with Crippen LogP contribution >= 0.6 is 0 Å². The van der Waals surface area contributed by atoms with Gasteiger partial charge in [-0.2, -0.15) is 0 Å². The van der Waals surface area contributed by atoms with Crippen LogP contribution in [0.4, 0.5) is 20.6 Å². The van der Waals surface area contributed by atoms with Crippen LogP contribution in [0, 0.1) is 11.2 Å². The highest BCUT2D eigenvalue weighted by Gasteiger charge is 2.53. The Balaban J connectivity index is 1.46. The number of anilines is 2. The zero-order valence-electron chi connectivity index (χ0n) is 14.7. The number of carbonyl (C=O) groups excluding carboxylic acids is 2. The van der Waals surface area contributed by atoms with Crippen molar-refractivity contribution in [3.05, 3.63) is 24.0 Å². The fourth-order valence-corrected chi connectivity index (χ4v) is 3.88. The van der Waals surface area contributed by atoms with Crippen molar-refractivity contribution in [2.75, 3.05) is 36.0 Å². The van der Waals surface area contributed by atoms with Gasteiger partial charge in [-0.3, -0.25) is 9.69 Å². The molecule has 3 N–H and O–H groups in total. The van der Waals surface area contributed by atoms with Gasteiger partial charge in [0, 0.05) is 31.5 Å². The predicted octanol–water partition coefficient (Wildman–Crippen LogP) is 1.21. The van der Waals surface area contributed by atoms with Crippen molar-refractivity contribution in [3.8, 4) is 0 Å². The van der Waals surface area contributed by atoms with E-state index in [1.807, 2.05) is 4.90 Å². The molecule has 3 fully saturated rings. The van der Waals surface area contributed by atoms with E-state index in [1.165, 1.54) is 17.9 Å². The van der Waals surface area contributed by atoms with Crippen molar-refractivity contribution in [2.45, 2.75) is 31.9 Å². The van der Waals surface area contributed by atoms with Gasteiger partial charge in [-0.25, -0.2) is 9.18 Å². The van der Waals surface area contributed by atoms with Crippen LogP contribution in [-0.2, 0) is 9.53 Å². The first-order chi connectivity index (χ1) is 12.4. The number of benzene rings is 1. The molecule has 0 aromatic heterocycles. The molecule has 140 valence electrons. The van der Waals surface area contributed by atoms with E-state index in [4.69, 9.17) is 10.5 Å². The maximum absolute atomic E-state index is 14.7. The quantitative estimate of drug-likeness (QED) is 0.841. The van der Waals surface area contributed by atoms with E-state index in [1.54, 1.807) is 12.1 Å². The van der Waals surface area contributed by atoms with Crippen LogP contribution in [0.2, 0.25) is 0 Å². The van der Waals surface area contributed by atoms with Gasteiger partial charge in [0.1, 0.15) is 11.9 Å². The molecule has 0 bridgehead atoms. The average Bonchev–Trinajstić information content (AvgIpc) is 3.16. The van der Waals surface area contributed by atoms with E-state index in [0.717, 1.165) is 19.4 Å². The van der Waals surface area contributed by atoms with Crippen molar-refractivity contribution in [2.24, 2.45) is 11.1 Å². The molecular formula is C18H23FN4O3. The molecule has 7 nitrogen and oxygen atoms in total. The zero-order valence-corrected chi connectivity index (χ0v) is 14.7. The van der Waals surface area contributed by atoms with Crippen LogP contribution < -0.4 is 20.9 Å². The first kappa shape index (κ1) is 17.1. The molecule has 1 aromatic carbocycles. The number of hydrogen-bond donors (Lipinski definition) is 2. The molecule has 2 atom stereocenters. The van der Waals surface area contributed by atoms with Gasteiger partial charge < -0.3 is 20.7 Å². The Morgan fingerprint density at radius 2 is 2.19 bits per heavy atom. The largest absolute Gasteiger partial charge is 0.442 e. The number of amides is 2. The molecule has 8 heteroatoms. The van der Waals surface area contributed by atoms with Gasteiger partial charge in [-0.1, -0.05) is 0 Å². The Labute approximate surface area is 151 Å². The summed E-state index contributed by atoms with van der Waals surface area (Å²) >= 11 is 0. The van der Waals surface area contributed by atoms with Crippen LogP contribution in [0.5, 0.6) is 0 Å². The standard InChI is InChI=1S/C18H23FN4O3/c1-11(24)21-7-13-8-23(17(25)26-13)12-2-3-15(14(19)6-12)22-9-16(20)18(10-22)4-5-18/h2-3,6,13,16H,4-5,7-10,20H2,1H3,(H,21,24)/t13-,16?/m0/s1. The van der Waals surface area contributed by atoms with Crippen molar-refractivity contribution < 1.29 is 18.7 Å². The molecule has 1 saturated carbocycles. The summed E-state index contributed by atoms with van der Waals surface area (Å²) in [5, 5.41) is 2.62. The third-order valence-electron chi connectivity index (χ3n) is 5.64. The van der Waals surface area contributed by atoms with E-state index in [9.17, 15) is 14.0 Å². The molecule has 1 aliphatic carbocycles. The van der Waals surface area contributed by atoms with E-state index in [-0.39, 0.29) is 36.3 Å². The highest BCUT2D eigenvalue weighted by Crippen LogP contribution is 2.52. The topological polar surface area (TPSA) is 87.9 Å². The molecule has 1 unspecified atom stereocenters. The Hall–Kier alpha value is -2.35. The molecule has 2 aliphatic heterocycles. The number of hydrogen-bond acceptors (Lipinski definition) is 5. The van der Waals surface area contributed by atoms with Crippen LogP contribution in [0.15, 0.2) is 18.2 Å². The number of halogens is 1. The third kappa shape index (κ3) is 2.98. The summed E-state index contributed by atoms with van der Waals surface area (Å²) in [5.74, 6) is -0.558. The predicted molar refractivity (Wildman–Crippen MR) is 94.6 cm³/mol. The first-order valence-corrected chi connectivity index (χ1v) is 8.91. The summed E-state index contributed by atoms with van der Waals surface area (Å²) < 4.78 is 19.9. The Morgan fingerprint density at radius 3 is 2.81 bits per heavy atom. The summed E-state index contributed by atoms with van der Waals surface area (Å²) in [6.07, 6.45) is 1.24. The van der Waals surface area contributed by atoms with Gasteiger partial charge in [0.05, 0.1) is 24.5 Å². The van der Waals surface area contributed by atoms with Gasteiger partial charge in [0.2, 0.25) is 5.91 Å². The monoisotopic (exact) mass is 362 g/mol. The molecule has 2 saturated heterocycles. The minimum atomic E-state index is -0.535. The van der Waals surface area contributed by atoms with Crippen LogP contribution in [0.1, 0.15) is 19.8 Å². The molecule has 1 spiro atoms. The Bertz CT molecular complexity index is 752. The number of nitrogens with two attached hydrogens (primary N) is 1. The van der Waals surface area contributed by atoms with Gasteiger partial charge >= 0.3 is 6.09 Å². The van der Waals surface area contributed by atoms with E-state index >= 15 is 0 Å². The lowest BCUT2D eigenvalue weighted by molar-refractivity contribution is -0.119. The number of carbonyl (C=O) groups is 2. The van der Waals surface area contributed by atoms with E-state index in [2.05, 4.69) is 5.32 Å². The molecule has 2 amide bonds. The van der Waals surface area contributed by atoms with E-state index < -0.39 is 12.2 Å². The second kappa shape index (κ2) is 6.12. The lowest BCUT2D eigenvalue weighted by atomic mass is 10.0. The smallest absolute Gasteiger partial charge is 0.414 e. The summed E-state index contributed by atoms with van der Waals surface area (Å²) in [4.78, 5) is 26.4. The Morgan fingerprint density at radius 1 is 1.42 bits per heavy atom. The summed E-state index contributed by atoms with van der Waals surface area (Å²) in [6.45, 7) is 3.36. The molecule has 26 heavy (non-hydrogen) atoms. The first-order valence-electron chi connectivity index (χ1n) is 8.91. The molecule has 4 rings (SSSR count). The van der Waals surface area contributed by atoms with Crippen LogP contribution in [0.3, 0.4) is 0 Å². The van der Waals surface area contributed by atoms with Gasteiger partial charge in [-0.15, -0.1) is 0 Å². The maximum atomic E-state index is 14.7. The molecule has 0 radical (unpaired) electrons. The fourth-order valence-electron chi connectivity index (χ4n) is 3.88. The van der Waals surface area contributed by atoms with Crippen molar-refractivity contribution in [1.29, 1.82) is 0 Å². The minimum Gasteiger partial charge on any atom is -0.442 e. The number of cyclic esters (lactones) is 1. The lowest BCUT2D eigenvalue weighted by Gasteiger charge is -2.21. The second-order valence-electron chi connectivity index (χ2n) is 7.54. The van der Waals surface area contributed by atoms with Gasteiger partial charge in [0.15, 0.2) is 0 Å². The van der Waals surface area contributed by atoms with E-state index in [0.29, 0.717) is 17.9 Å². The highest BCUT2D eigenvalue weighted by atomic mass is 19.1. The number of nitrogens with one attached hydrogen (secondary N) is 1. The summed E-state index contributed by atoms with van der Waals surface area (Å²) in [7, 11) is 0. The molecular weight excluding hydrogens is 339 g/mol. The SMILES string of the molecule is CC(=O)NC[C@H]1CN(c2ccc(N3CC(N)C4(CC4)C3)c(F)c2)C(=O)O1. The Kier molecular flexibility index (Phi) is 4.02. The highest BCUT2D eigenvalue weighted by molar-refractivity contribution is 5.90. The summed E-state index contributed by atoms with van der Waals surface area (Å²) in [5.41, 5.74) is 7.34. The minimum absolute atomic E-state index is 0.0877. The van der Waals surface area contributed by atoms with Gasteiger partial charge in [-0.05, 0) is 31.0 Å². The molecule has 1 aromatic rings.